The zero-order valence-corrected chi connectivity index (χ0v) is 11.0. The van der Waals surface area contributed by atoms with Crippen LogP contribution in [0.25, 0.3) is 0 Å². The molecule has 0 bridgehead atoms. The number of halogens is 3. The van der Waals surface area contributed by atoms with E-state index in [0.717, 1.165) is 5.56 Å². The van der Waals surface area contributed by atoms with Gasteiger partial charge in [-0.25, -0.2) is 0 Å². The monoisotopic (exact) mass is 293 g/mol. The SMILES string of the molecule is N=C(OC[C@@H]1O[C@H]1c1ccccc1)C(Cl)(Cl)Cl. The Hall–Kier alpha value is -0.480. The maximum Gasteiger partial charge on any atom is 0.265 e. The molecule has 0 radical (unpaired) electrons. The molecule has 1 aliphatic rings. The summed E-state index contributed by atoms with van der Waals surface area (Å²) in [7, 11) is 0. The highest BCUT2D eigenvalue weighted by atomic mass is 35.6. The molecule has 1 fully saturated rings. The van der Waals surface area contributed by atoms with Crippen LogP contribution in [0.4, 0.5) is 0 Å². The van der Waals surface area contributed by atoms with Gasteiger partial charge in [-0.1, -0.05) is 65.1 Å². The summed E-state index contributed by atoms with van der Waals surface area (Å²) in [5.41, 5.74) is 1.08. The predicted octanol–water partition coefficient (Wildman–Crippen LogP) is 3.49. The first kappa shape index (κ1) is 13.0. The molecule has 0 saturated carbocycles. The van der Waals surface area contributed by atoms with Crippen molar-refractivity contribution in [3.8, 4) is 0 Å². The van der Waals surface area contributed by atoms with Crippen LogP contribution in [0.1, 0.15) is 11.7 Å². The first-order chi connectivity index (χ1) is 7.98. The van der Waals surface area contributed by atoms with Crippen LogP contribution in [0, 0.1) is 5.41 Å². The first-order valence-electron chi connectivity index (χ1n) is 4.97. The first-order valence-corrected chi connectivity index (χ1v) is 6.11. The minimum Gasteiger partial charge on any atom is -0.475 e. The molecular formula is C11H10Cl3NO2. The molecule has 1 N–H and O–H groups in total. The number of alkyl halides is 3. The number of nitrogens with one attached hydrogen (secondary N) is 1. The van der Waals surface area contributed by atoms with Crippen LogP contribution >= 0.6 is 34.8 Å². The normalized spacial score (nSPS) is 23.2. The lowest BCUT2D eigenvalue weighted by Gasteiger charge is -2.12. The quantitative estimate of drug-likeness (QED) is 0.401. The maximum atomic E-state index is 7.36. The van der Waals surface area contributed by atoms with E-state index < -0.39 is 3.79 Å². The number of epoxide rings is 1. The zero-order chi connectivity index (χ0) is 12.5. The van der Waals surface area contributed by atoms with Crippen molar-refractivity contribution in [3.63, 3.8) is 0 Å². The lowest BCUT2D eigenvalue weighted by molar-refractivity contribution is 0.245. The third kappa shape index (κ3) is 3.49. The molecule has 1 aliphatic heterocycles. The van der Waals surface area contributed by atoms with Gasteiger partial charge in [0.25, 0.3) is 3.79 Å². The van der Waals surface area contributed by atoms with E-state index in [4.69, 9.17) is 49.7 Å². The predicted molar refractivity (Wildman–Crippen MR) is 68.0 cm³/mol. The molecule has 1 heterocycles. The lowest BCUT2D eigenvalue weighted by Crippen LogP contribution is -2.23. The summed E-state index contributed by atoms with van der Waals surface area (Å²) < 4.78 is 8.65. The minimum absolute atomic E-state index is 0.0133. The summed E-state index contributed by atoms with van der Waals surface area (Å²) >= 11 is 16.4. The Bertz CT molecular complexity index is 405. The minimum atomic E-state index is -1.81. The molecule has 3 nitrogen and oxygen atoms in total. The fourth-order valence-corrected chi connectivity index (χ4v) is 1.62. The molecule has 0 spiro atoms. The van der Waals surface area contributed by atoms with Crippen LogP contribution in [0.15, 0.2) is 30.3 Å². The second-order valence-electron chi connectivity index (χ2n) is 3.64. The number of hydrogen-bond donors (Lipinski definition) is 1. The molecule has 2 atom stereocenters. The van der Waals surface area contributed by atoms with Crippen LogP contribution in [0.2, 0.25) is 0 Å². The Morgan fingerprint density at radius 2 is 1.94 bits per heavy atom. The van der Waals surface area contributed by atoms with E-state index in [2.05, 4.69) is 0 Å². The highest BCUT2D eigenvalue weighted by Gasteiger charge is 2.41. The van der Waals surface area contributed by atoms with Crippen molar-refractivity contribution < 1.29 is 9.47 Å². The summed E-state index contributed by atoms with van der Waals surface area (Å²) in [6.07, 6.45) is -0.0653. The van der Waals surface area contributed by atoms with Gasteiger partial charge < -0.3 is 9.47 Å². The standard InChI is InChI=1S/C11H10Cl3NO2/c12-11(13,14)10(15)16-6-8-9(17-8)7-4-2-1-3-5-7/h1-5,8-9,15H,6H2/t8-,9-/m0/s1. The summed E-state index contributed by atoms with van der Waals surface area (Å²) in [5.74, 6) is -0.384. The molecule has 2 rings (SSSR count). The van der Waals surface area contributed by atoms with E-state index in [0.29, 0.717) is 0 Å². The Kier molecular flexibility index (Phi) is 3.83. The molecule has 0 aromatic heterocycles. The lowest BCUT2D eigenvalue weighted by atomic mass is 10.1. The third-order valence-electron chi connectivity index (χ3n) is 2.36. The van der Waals surface area contributed by atoms with E-state index >= 15 is 0 Å². The Labute approximate surface area is 114 Å². The Balaban J connectivity index is 1.80. The van der Waals surface area contributed by atoms with E-state index in [1.165, 1.54) is 0 Å². The number of ether oxygens (including phenoxy) is 2. The van der Waals surface area contributed by atoms with Gasteiger partial charge in [-0.2, -0.15) is 0 Å². The van der Waals surface area contributed by atoms with Gasteiger partial charge in [0.1, 0.15) is 18.8 Å². The van der Waals surface area contributed by atoms with Crippen LogP contribution in [0.3, 0.4) is 0 Å². The van der Waals surface area contributed by atoms with Crippen LogP contribution in [0.5, 0.6) is 0 Å². The largest absolute Gasteiger partial charge is 0.475 e. The molecular weight excluding hydrogens is 284 g/mol. The van der Waals surface area contributed by atoms with Crippen molar-refractivity contribution in [2.75, 3.05) is 6.61 Å². The van der Waals surface area contributed by atoms with Crippen molar-refractivity contribution in [2.45, 2.75) is 16.0 Å². The zero-order valence-electron chi connectivity index (χ0n) is 8.70. The molecule has 1 aromatic carbocycles. The highest BCUT2D eigenvalue weighted by molar-refractivity contribution is 6.76. The van der Waals surface area contributed by atoms with Gasteiger partial charge in [-0.3, -0.25) is 5.41 Å². The molecule has 0 unspecified atom stereocenters. The van der Waals surface area contributed by atoms with Gasteiger partial charge in [0, 0.05) is 0 Å². The van der Waals surface area contributed by atoms with Gasteiger partial charge in [0.05, 0.1) is 0 Å². The van der Waals surface area contributed by atoms with Crippen LogP contribution in [-0.4, -0.2) is 22.4 Å². The summed E-state index contributed by atoms with van der Waals surface area (Å²) in [4.78, 5) is 0. The van der Waals surface area contributed by atoms with Gasteiger partial charge >= 0.3 is 0 Å². The fraction of sp³-hybridized carbons (Fsp3) is 0.364. The van der Waals surface area contributed by atoms with Gasteiger partial charge in [0.2, 0.25) is 5.90 Å². The molecule has 17 heavy (non-hydrogen) atoms. The Morgan fingerprint density at radius 1 is 1.29 bits per heavy atom. The average Bonchev–Trinajstić information content (AvgIpc) is 3.05. The number of rotatable bonds is 3. The van der Waals surface area contributed by atoms with E-state index in [-0.39, 0.29) is 24.7 Å². The highest BCUT2D eigenvalue weighted by Crippen LogP contribution is 2.39. The van der Waals surface area contributed by atoms with E-state index in [1.54, 1.807) is 0 Å². The van der Waals surface area contributed by atoms with Crippen molar-refractivity contribution in [1.29, 1.82) is 5.41 Å². The molecule has 1 saturated heterocycles. The molecule has 1 aromatic rings. The molecule has 0 aliphatic carbocycles. The van der Waals surface area contributed by atoms with Gasteiger partial charge in [0.15, 0.2) is 0 Å². The van der Waals surface area contributed by atoms with Gasteiger partial charge in [-0.15, -0.1) is 0 Å². The number of benzene rings is 1. The Morgan fingerprint density at radius 3 is 2.53 bits per heavy atom. The van der Waals surface area contributed by atoms with Crippen molar-refractivity contribution in [1.82, 2.24) is 0 Å². The molecule has 0 amide bonds. The second kappa shape index (κ2) is 5.02. The third-order valence-corrected chi connectivity index (χ3v) is 2.87. The van der Waals surface area contributed by atoms with Gasteiger partial charge in [-0.05, 0) is 5.56 Å². The topological polar surface area (TPSA) is 45.6 Å². The number of hydrogen-bond acceptors (Lipinski definition) is 3. The summed E-state index contributed by atoms with van der Waals surface area (Å²) in [5, 5.41) is 7.36. The second-order valence-corrected chi connectivity index (χ2v) is 5.92. The van der Waals surface area contributed by atoms with Crippen molar-refractivity contribution >= 4 is 40.7 Å². The smallest absolute Gasteiger partial charge is 0.265 e. The van der Waals surface area contributed by atoms with Crippen molar-refractivity contribution in [3.05, 3.63) is 35.9 Å². The molecule has 6 heteroatoms. The van der Waals surface area contributed by atoms with Crippen molar-refractivity contribution in [2.24, 2.45) is 0 Å². The fourth-order valence-electron chi connectivity index (χ4n) is 1.45. The van der Waals surface area contributed by atoms with Crippen LogP contribution < -0.4 is 0 Å². The molecule has 92 valence electrons. The average molecular weight is 295 g/mol. The summed E-state index contributed by atoms with van der Waals surface area (Å²) in [6, 6.07) is 9.78. The maximum absolute atomic E-state index is 7.36. The summed E-state index contributed by atoms with van der Waals surface area (Å²) in [6.45, 7) is 0.215. The van der Waals surface area contributed by atoms with E-state index in [1.807, 2.05) is 30.3 Å². The van der Waals surface area contributed by atoms with E-state index in [9.17, 15) is 0 Å². The van der Waals surface area contributed by atoms with Crippen LogP contribution in [-0.2, 0) is 9.47 Å².